The number of likely N-dealkylation sites (N-methyl/N-ethyl adjacent to an activating group) is 1. The second kappa shape index (κ2) is 7.65. The van der Waals surface area contributed by atoms with Crippen molar-refractivity contribution in [3.05, 3.63) is 60.7 Å². The van der Waals surface area contributed by atoms with Gasteiger partial charge in [-0.05, 0) is 19.4 Å². The van der Waals surface area contributed by atoms with Crippen LogP contribution in [0.15, 0.2) is 60.7 Å². The molecule has 2 aromatic carbocycles. The molecular weight excluding hydrogens is 317 g/mol. The summed E-state index contributed by atoms with van der Waals surface area (Å²) in [6.45, 7) is 3.68. The Morgan fingerprint density at radius 2 is 1.54 bits per heavy atom. The first-order chi connectivity index (χ1) is 11.6. The minimum atomic E-state index is -2.69. The molecule has 1 saturated heterocycles. The molecule has 4 heteroatoms. The number of likely N-dealkylation sites (tertiary alicyclic amines) is 1. The molecule has 24 heavy (non-hydrogen) atoms. The highest BCUT2D eigenvalue weighted by Gasteiger charge is 2.35. The zero-order chi connectivity index (χ0) is 17.0. The van der Waals surface area contributed by atoms with Gasteiger partial charge in [-0.2, -0.15) is 0 Å². The first-order valence-corrected chi connectivity index (χ1v) is 10.6. The molecule has 0 amide bonds. The van der Waals surface area contributed by atoms with Crippen molar-refractivity contribution >= 4 is 17.8 Å². The number of nitrogens with zero attached hydrogens (tertiary/aromatic N) is 1. The van der Waals surface area contributed by atoms with Crippen molar-refractivity contribution in [1.29, 1.82) is 0 Å². The quantitative estimate of drug-likeness (QED) is 0.849. The Labute approximate surface area is 144 Å². The Kier molecular flexibility index (Phi) is 5.55. The number of hydrogen-bond acceptors (Lipinski definition) is 3. The molecule has 0 bridgehead atoms. The molecule has 1 aliphatic heterocycles. The van der Waals surface area contributed by atoms with Crippen LogP contribution in [0.4, 0.5) is 0 Å². The molecule has 3 rings (SSSR count). The lowest BCUT2D eigenvalue weighted by atomic mass is 10.0. The van der Waals surface area contributed by atoms with Gasteiger partial charge in [0.05, 0.1) is 6.10 Å². The van der Waals surface area contributed by atoms with Crippen molar-refractivity contribution in [1.82, 2.24) is 4.90 Å². The third-order valence-electron chi connectivity index (χ3n) is 5.02. The average Bonchev–Trinajstić information content (AvgIpc) is 2.64. The SMILES string of the molecule is CCN1C[C@@H](O)CC[C@@H]1CP(=O)(c1ccccc1)c1ccccc1. The maximum Gasteiger partial charge on any atom is 0.144 e. The molecule has 1 heterocycles. The van der Waals surface area contributed by atoms with Gasteiger partial charge in [0.2, 0.25) is 0 Å². The number of benzene rings is 2. The summed E-state index contributed by atoms with van der Waals surface area (Å²) < 4.78 is 14.1. The summed E-state index contributed by atoms with van der Waals surface area (Å²) >= 11 is 0. The molecule has 1 N–H and O–H groups in total. The maximum atomic E-state index is 14.1. The van der Waals surface area contributed by atoms with Crippen LogP contribution in [0.2, 0.25) is 0 Å². The molecular formula is C20H26NO2P. The Morgan fingerprint density at radius 1 is 1.00 bits per heavy atom. The van der Waals surface area contributed by atoms with Crippen molar-refractivity contribution < 1.29 is 9.67 Å². The van der Waals surface area contributed by atoms with Crippen LogP contribution in [0.25, 0.3) is 0 Å². The molecule has 0 spiro atoms. The number of β-amino-alcohol motifs (C(OH)–C–C–N with tert-alkyl or cyclic N) is 1. The minimum absolute atomic E-state index is 0.254. The summed E-state index contributed by atoms with van der Waals surface area (Å²) in [5.41, 5.74) is 0. The van der Waals surface area contributed by atoms with E-state index in [4.69, 9.17) is 0 Å². The topological polar surface area (TPSA) is 40.5 Å². The molecule has 0 aliphatic carbocycles. The number of rotatable bonds is 5. The van der Waals surface area contributed by atoms with E-state index in [0.717, 1.165) is 30.0 Å². The van der Waals surface area contributed by atoms with Crippen LogP contribution in [0, 0.1) is 0 Å². The Bertz CT molecular complexity index is 646. The van der Waals surface area contributed by atoms with E-state index in [1.807, 2.05) is 60.7 Å². The first kappa shape index (κ1) is 17.4. The summed E-state index contributed by atoms with van der Waals surface area (Å²) in [5.74, 6) is 0. The first-order valence-electron chi connectivity index (χ1n) is 8.76. The monoisotopic (exact) mass is 343 g/mol. The van der Waals surface area contributed by atoms with E-state index in [9.17, 15) is 9.67 Å². The average molecular weight is 343 g/mol. The largest absolute Gasteiger partial charge is 0.392 e. The highest BCUT2D eigenvalue weighted by molar-refractivity contribution is 7.78. The third kappa shape index (κ3) is 3.64. The van der Waals surface area contributed by atoms with Crippen molar-refractivity contribution in [2.24, 2.45) is 0 Å². The molecule has 1 fully saturated rings. The Balaban J connectivity index is 1.96. The molecule has 2 atom stereocenters. The fourth-order valence-electron chi connectivity index (χ4n) is 3.67. The van der Waals surface area contributed by atoms with Gasteiger partial charge in [-0.3, -0.25) is 4.90 Å². The molecule has 0 saturated carbocycles. The van der Waals surface area contributed by atoms with Gasteiger partial charge >= 0.3 is 0 Å². The van der Waals surface area contributed by atoms with E-state index >= 15 is 0 Å². The van der Waals surface area contributed by atoms with Gasteiger partial charge in [0, 0.05) is 29.4 Å². The standard InChI is InChI=1S/C20H26NO2P/c1-2-21-15-18(22)14-13-17(21)16-24(23,19-9-5-3-6-10-19)20-11-7-4-8-12-20/h3-12,17-18,22H,2,13-16H2,1H3/t17-,18+/m1/s1. The van der Waals surface area contributed by atoms with E-state index in [2.05, 4.69) is 11.8 Å². The zero-order valence-corrected chi connectivity index (χ0v) is 15.1. The maximum absolute atomic E-state index is 14.1. The molecule has 0 unspecified atom stereocenters. The van der Waals surface area contributed by atoms with Crippen LogP contribution in [-0.4, -0.2) is 41.4 Å². The normalized spacial score (nSPS) is 22.4. The highest BCUT2D eigenvalue weighted by atomic mass is 31.2. The second-order valence-corrected chi connectivity index (χ2v) is 9.44. The summed E-state index contributed by atoms with van der Waals surface area (Å²) in [6.07, 6.45) is 2.08. The summed E-state index contributed by atoms with van der Waals surface area (Å²) in [6, 6.07) is 20.0. The van der Waals surface area contributed by atoms with Crippen LogP contribution < -0.4 is 10.6 Å². The Morgan fingerprint density at radius 3 is 2.04 bits per heavy atom. The molecule has 0 aromatic heterocycles. The van der Waals surface area contributed by atoms with E-state index in [0.29, 0.717) is 12.7 Å². The summed E-state index contributed by atoms with van der Waals surface area (Å²) in [7, 11) is -2.69. The molecule has 128 valence electrons. The number of hydrogen-bond donors (Lipinski definition) is 1. The van der Waals surface area contributed by atoms with Crippen LogP contribution in [0.3, 0.4) is 0 Å². The molecule has 3 nitrogen and oxygen atoms in total. The van der Waals surface area contributed by atoms with E-state index in [-0.39, 0.29) is 12.1 Å². The van der Waals surface area contributed by atoms with Gasteiger partial charge < -0.3 is 9.67 Å². The van der Waals surface area contributed by atoms with Crippen molar-refractivity contribution in [2.45, 2.75) is 31.9 Å². The van der Waals surface area contributed by atoms with Gasteiger partial charge in [-0.25, -0.2) is 0 Å². The predicted molar refractivity (Wildman–Crippen MR) is 101 cm³/mol. The lowest BCUT2D eigenvalue weighted by Gasteiger charge is -2.39. The molecule has 1 aliphatic rings. The number of piperidine rings is 1. The fraction of sp³-hybridized carbons (Fsp3) is 0.400. The third-order valence-corrected chi connectivity index (χ3v) is 8.22. The van der Waals surface area contributed by atoms with Gasteiger partial charge in [-0.15, -0.1) is 0 Å². The van der Waals surface area contributed by atoms with Crippen LogP contribution in [0.5, 0.6) is 0 Å². The molecule has 0 radical (unpaired) electrons. The van der Waals surface area contributed by atoms with Crippen molar-refractivity contribution in [3.63, 3.8) is 0 Å². The van der Waals surface area contributed by atoms with Gasteiger partial charge in [0.25, 0.3) is 0 Å². The smallest absolute Gasteiger partial charge is 0.144 e. The lowest BCUT2D eigenvalue weighted by molar-refractivity contribution is 0.0454. The van der Waals surface area contributed by atoms with Crippen LogP contribution in [0.1, 0.15) is 19.8 Å². The van der Waals surface area contributed by atoms with E-state index in [1.54, 1.807) is 0 Å². The Hall–Kier alpha value is -1.41. The van der Waals surface area contributed by atoms with Gasteiger partial charge in [-0.1, -0.05) is 67.6 Å². The summed E-state index contributed by atoms with van der Waals surface area (Å²) in [4.78, 5) is 2.28. The fourth-order valence-corrected chi connectivity index (χ4v) is 6.70. The van der Waals surface area contributed by atoms with E-state index < -0.39 is 7.14 Å². The number of aliphatic hydroxyl groups excluding tert-OH is 1. The van der Waals surface area contributed by atoms with Crippen molar-refractivity contribution in [2.75, 3.05) is 19.3 Å². The predicted octanol–water partition coefficient (Wildman–Crippen LogP) is 2.85. The molecule has 2 aromatic rings. The minimum Gasteiger partial charge on any atom is -0.392 e. The summed E-state index contributed by atoms with van der Waals surface area (Å²) in [5, 5.41) is 11.8. The zero-order valence-electron chi connectivity index (χ0n) is 14.2. The highest BCUT2D eigenvalue weighted by Crippen LogP contribution is 2.45. The van der Waals surface area contributed by atoms with Crippen molar-refractivity contribution in [3.8, 4) is 0 Å². The second-order valence-electron chi connectivity index (χ2n) is 6.57. The van der Waals surface area contributed by atoms with Crippen LogP contribution in [-0.2, 0) is 4.57 Å². The van der Waals surface area contributed by atoms with Gasteiger partial charge in [0.1, 0.15) is 7.14 Å². The van der Waals surface area contributed by atoms with E-state index in [1.165, 1.54) is 0 Å². The lowest BCUT2D eigenvalue weighted by Crippen LogP contribution is -2.47. The van der Waals surface area contributed by atoms with Crippen LogP contribution >= 0.6 is 7.14 Å². The number of aliphatic hydroxyl groups is 1. The van der Waals surface area contributed by atoms with Gasteiger partial charge in [0.15, 0.2) is 0 Å².